The van der Waals surface area contributed by atoms with Crippen LogP contribution in [0.1, 0.15) is 17.0 Å². The first-order valence-electron chi connectivity index (χ1n) is 7.72. The number of nitrogens with two attached hydrogens (primary N) is 2. The van der Waals surface area contributed by atoms with Crippen LogP contribution < -0.4 is 16.8 Å². The molecule has 0 saturated carbocycles. The summed E-state index contributed by atoms with van der Waals surface area (Å²) in [6, 6.07) is 15.2. The molecule has 0 fully saturated rings. The third-order valence-electron chi connectivity index (χ3n) is 4.21. The van der Waals surface area contributed by atoms with E-state index in [0.29, 0.717) is 0 Å². The van der Waals surface area contributed by atoms with E-state index in [4.69, 9.17) is 16.2 Å². The van der Waals surface area contributed by atoms with Gasteiger partial charge in [-0.05, 0) is 22.3 Å². The molecule has 5 N–H and O–H groups in total. The number of alkyl carbamates (subject to hydrolysis) is 1. The molecular weight excluding hydrogens is 306 g/mol. The van der Waals surface area contributed by atoms with E-state index >= 15 is 0 Å². The molecule has 1 unspecified atom stereocenters. The second kappa shape index (κ2) is 6.72. The summed E-state index contributed by atoms with van der Waals surface area (Å²) in [6.07, 6.45) is -0.703. The zero-order chi connectivity index (χ0) is 17.1. The first-order valence-corrected chi connectivity index (χ1v) is 7.72. The van der Waals surface area contributed by atoms with E-state index in [9.17, 15) is 9.59 Å². The van der Waals surface area contributed by atoms with Gasteiger partial charge in [-0.25, -0.2) is 4.79 Å². The van der Waals surface area contributed by atoms with E-state index in [2.05, 4.69) is 17.4 Å². The molecule has 6 heteroatoms. The van der Waals surface area contributed by atoms with Gasteiger partial charge in [0.15, 0.2) is 0 Å². The lowest BCUT2D eigenvalue weighted by Crippen LogP contribution is -2.49. The van der Waals surface area contributed by atoms with Crippen LogP contribution in [0.15, 0.2) is 48.5 Å². The zero-order valence-corrected chi connectivity index (χ0v) is 13.1. The lowest BCUT2D eigenvalue weighted by molar-refractivity contribution is -0.119. The summed E-state index contributed by atoms with van der Waals surface area (Å²) in [5.74, 6) is -0.723. The Morgan fingerprint density at radius 1 is 1.04 bits per heavy atom. The third kappa shape index (κ3) is 2.96. The first-order chi connectivity index (χ1) is 11.6. The highest BCUT2D eigenvalue weighted by molar-refractivity contribution is 5.84. The smallest absolute Gasteiger partial charge is 0.407 e. The van der Waals surface area contributed by atoms with E-state index in [1.165, 1.54) is 0 Å². The molecule has 3 rings (SSSR count). The number of rotatable bonds is 5. The fourth-order valence-electron chi connectivity index (χ4n) is 3.03. The van der Waals surface area contributed by atoms with Crippen molar-refractivity contribution in [1.29, 1.82) is 0 Å². The quantitative estimate of drug-likeness (QED) is 0.771. The van der Waals surface area contributed by atoms with Crippen molar-refractivity contribution < 1.29 is 14.3 Å². The van der Waals surface area contributed by atoms with Gasteiger partial charge in [-0.2, -0.15) is 0 Å². The zero-order valence-electron chi connectivity index (χ0n) is 13.1. The molecule has 24 heavy (non-hydrogen) atoms. The van der Waals surface area contributed by atoms with Gasteiger partial charge in [0.25, 0.3) is 0 Å². The number of primary amides is 1. The first kappa shape index (κ1) is 16.0. The van der Waals surface area contributed by atoms with Crippen molar-refractivity contribution >= 4 is 12.0 Å². The number of hydrogen-bond donors (Lipinski definition) is 3. The minimum absolute atomic E-state index is 0.0342. The molecule has 6 nitrogen and oxygen atoms in total. The van der Waals surface area contributed by atoms with Crippen LogP contribution in [0.3, 0.4) is 0 Å². The highest BCUT2D eigenvalue weighted by Crippen LogP contribution is 2.44. The normalized spacial score (nSPS) is 13.7. The van der Waals surface area contributed by atoms with Crippen LogP contribution in [0.2, 0.25) is 0 Å². The molecule has 0 spiro atoms. The molecule has 2 amide bonds. The van der Waals surface area contributed by atoms with Crippen molar-refractivity contribution in [3.63, 3.8) is 0 Å². The standard InChI is InChI=1S/C18H19N3O3/c19-9-16(17(20)22)21-18(23)24-10-15-13-7-3-1-5-11(13)12-6-2-4-8-14(12)15/h1-8,15-16H,9-10,19H2,(H2,20,22)(H,21,23). The average Bonchev–Trinajstić information content (AvgIpc) is 2.91. The highest BCUT2D eigenvalue weighted by Gasteiger charge is 2.29. The Bertz CT molecular complexity index is 730. The summed E-state index contributed by atoms with van der Waals surface area (Å²) in [6.45, 7) is 0.107. The van der Waals surface area contributed by atoms with E-state index < -0.39 is 18.0 Å². The molecule has 124 valence electrons. The van der Waals surface area contributed by atoms with Crippen LogP contribution in [-0.4, -0.2) is 31.2 Å². The van der Waals surface area contributed by atoms with Crippen molar-refractivity contribution in [2.75, 3.05) is 13.2 Å². The van der Waals surface area contributed by atoms with Crippen LogP contribution in [0.5, 0.6) is 0 Å². The SMILES string of the molecule is NCC(NC(=O)OCC1c2ccccc2-c2ccccc21)C(N)=O. The molecule has 2 aromatic carbocycles. The number of hydrogen-bond acceptors (Lipinski definition) is 4. The van der Waals surface area contributed by atoms with Gasteiger partial charge in [0, 0.05) is 12.5 Å². The summed E-state index contributed by atoms with van der Waals surface area (Å²) in [5, 5.41) is 2.38. The van der Waals surface area contributed by atoms with E-state index in [1.54, 1.807) is 0 Å². The van der Waals surface area contributed by atoms with Crippen molar-refractivity contribution in [2.45, 2.75) is 12.0 Å². The lowest BCUT2D eigenvalue weighted by Gasteiger charge is -2.17. The average molecular weight is 325 g/mol. The van der Waals surface area contributed by atoms with Gasteiger partial charge < -0.3 is 21.5 Å². The minimum atomic E-state index is -0.930. The molecule has 0 bridgehead atoms. The Kier molecular flexibility index (Phi) is 4.48. The number of amides is 2. The van der Waals surface area contributed by atoms with Gasteiger partial charge in [-0.1, -0.05) is 48.5 Å². The van der Waals surface area contributed by atoms with Crippen LogP contribution in [0.4, 0.5) is 4.79 Å². The molecule has 1 aliphatic rings. The largest absolute Gasteiger partial charge is 0.449 e. The Labute approximate surface area is 139 Å². The molecule has 0 heterocycles. The Hall–Kier alpha value is -2.86. The van der Waals surface area contributed by atoms with E-state index in [0.717, 1.165) is 22.3 Å². The second-order valence-corrected chi connectivity index (χ2v) is 5.66. The van der Waals surface area contributed by atoms with Crippen LogP contribution in [0.25, 0.3) is 11.1 Å². The maximum atomic E-state index is 11.9. The Balaban J connectivity index is 1.74. The topological polar surface area (TPSA) is 107 Å². The highest BCUT2D eigenvalue weighted by atomic mass is 16.5. The number of benzene rings is 2. The number of carbonyl (C=O) groups excluding carboxylic acids is 2. The Morgan fingerprint density at radius 2 is 1.58 bits per heavy atom. The number of ether oxygens (including phenoxy) is 1. The summed E-state index contributed by atoms with van der Waals surface area (Å²) < 4.78 is 5.31. The Morgan fingerprint density at radius 3 is 2.08 bits per heavy atom. The number of fused-ring (bicyclic) bond motifs is 3. The molecular formula is C18H19N3O3. The van der Waals surface area contributed by atoms with E-state index in [1.807, 2.05) is 36.4 Å². The number of carbonyl (C=O) groups is 2. The lowest BCUT2D eigenvalue weighted by atomic mass is 9.98. The van der Waals surface area contributed by atoms with Crippen LogP contribution in [0, 0.1) is 0 Å². The predicted octanol–water partition coefficient (Wildman–Crippen LogP) is 1.34. The van der Waals surface area contributed by atoms with Crippen LogP contribution in [-0.2, 0) is 9.53 Å². The van der Waals surface area contributed by atoms with Gasteiger partial charge in [0.1, 0.15) is 12.6 Å². The van der Waals surface area contributed by atoms with Crippen molar-refractivity contribution in [3.8, 4) is 11.1 Å². The maximum absolute atomic E-state index is 11.9. The van der Waals surface area contributed by atoms with E-state index in [-0.39, 0.29) is 19.1 Å². The summed E-state index contributed by atoms with van der Waals surface area (Å²) in [5.41, 5.74) is 15.1. The molecule has 0 aromatic heterocycles. The monoisotopic (exact) mass is 325 g/mol. The van der Waals surface area contributed by atoms with Crippen molar-refractivity contribution in [2.24, 2.45) is 11.5 Å². The van der Waals surface area contributed by atoms with Crippen LogP contribution >= 0.6 is 0 Å². The van der Waals surface area contributed by atoms with Crippen molar-refractivity contribution in [1.82, 2.24) is 5.32 Å². The predicted molar refractivity (Wildman–Crippen MR) is 90.2 cm³/mol. The van der Waals surface area contributed by atoms with Gasteiger partial charge >= 0.3 is 6.09 Å². The second-order valence-electron chi connectivity index (χ2n) is 5.66. The molecule has 0 aliphatic heterocycles. The van der Waals surface area contributed by atoms with Gasteiger partial charge in [0.05, 0.1) is 0 Å². The summed E-state index contributed by atoms with van der Waals surface area (Å²) in [4.78, 5) is 23.0. The minimum Gasteiger partial charge on any atom is -0.449 e. The summed E-state index contributed by atoms with van der Waals surface area (Å²) in [7, 11) is 0. The fourth-order valence-corrected chi connectivity index (χ4v) is 3.03. The third-order valence-corrected chi connectivity index (χ3v) is 4.21. The molecule has 2 aromatic rings. The van der Waals surface area contributed by atoms with Crippen molar-refractivity contribution in [3.05, 3.63) is 59.7 Å². The molecule has 0 saturated heterocycles. The van der Waals surface area contributed by atoms with Gasteiger partial charge in [0.2, 0.25) is 5.91 Å². The maximum Gasteiger partial charge on any atom is 0.407 e. The molecule has 1 atom stereocenters. The van der Waals surface area contributed by atoms with Gasteiger partial charge in [-0.3, -0.25) is 4.79 Å². The number of nitrogens with one attached hydrogen (secondary N) is 1. The molecule has 0 radical (unpaired) electrons. The van der Waals surface area contributed by atoms with Gasteiger partial charge in [-0.15, -0.1) is 0 Å². The summed E-state index contributed by atoms with van der Waals surface area (Å²) >= 11 is 0. The molecule has 1 aliphatic carbocycles. The fraction of sp³-hybridized carbons (Fsp3) is 0.222.